The lowest BCUT2D eigenvalue weighted by Crippen LogP contribution is -2.41. The summed E-state index contributed by atoms with van der Waals surface area (Å²) < 4.78 is 24.3. The highest BCUT2D eigenvalue weighted by Crippen LogP contribution is 2.34. The van der Waals surface area contributed by atoms with Crippen molar-refractivity contribution in [2.45, 2.75) is 19.1 Å². The summed E-state index contributed by atoms with van der Waals surface area (Å²) in [5.41, 5.74) is 0.271. The van der Waals surface area contributed by atoms with E-state index in [-0.39, 0.29) is 17.9 Å². The average molecular weight is 296 g/mol. The minimum Gasteiger partial charge on any atom is -0.366 e. The number of nitro benzene ring substituents is 1. The molecule has 6 nitrogen and oxygen atoms in total. The summed E-state index contributed by atoms with van der Waals surface area (Å²) in [5.74, 6) is -0.410. The molecule has 2 aliphatic rings. The summed E-state index contributed by atoms with van der Waals surface area (Å²) in [5, 5.41) is 11.1. The first-order chi connectivity index (χ1) is 10.1. The molecule has 0 bridgehead atoms. The topological polar surface area (TPSA) is 64.8 Å². The normalized spacial score (nSPS) is 23.5. The van der Waals surface area contributed by atoms with Gasteiger partial charge in [0.05, 0.1) is 24.2 Å². The molecule has 1 aromatic rings. The van der Waals surface area contributed by atoms with Crippen LogP contribution in [0.3, 0.4) is 0 Å². The largest absolute Gasteiger partial charge is 0.366 e. The third-order valence-corrected chi connectivity index (χ3v) is 3.97. The van der Waals surface area contributed by atoms with Crippen molar-refractivity contribution < 1.29 is 18.8 Å². The Morgan fingerprint density at radius 3 is 2.81 bits per heavy atom. The van der Waals surface area contributed by atoms with Crippen molar-refractivity contribution in [1.82, 2.24) is 0 Å². The van der Waals surface area contributed by atoms with Crippen LogP contribution < -0.4 is 4.90 Å². The lowest BCUT2D eigenvalue weighted by Gasteiger charge is -2.35. The highest BCUT2D eigenvalue weighted by Gasteiger charge is 2.33. The van der Waals surface area contributed by atoms with Crippen molar-refractivity contribution in [1.29, 1.82) is 0 Å². The summed E-state index contributed by atoms with van der Waals surface area (Å²) in [6, 6.07) is 3.71. The lowest BCUT2D eigenvalue weighted by atomic mass is 9.96. The van der Waals surface area contributed by atoms with Crippen LogP contribution in [0.5, 0.6) is 0 Å². The van der Waals surface area contributed by atoms with Crippen LogP contribution >= 0.6 is 0 Å². The fraction of sp³-hybridized carbons (Fsp3) is 0.571. The molecule has 2 heterocycles. The second-order valence-corrected chi connectivity index (χ2v) is 5.35. The van der Waals surface area contributed by atoms with E-state index in [1.54, 1.807) is 0 Å². The molecular weight excluding hydrogens is 279 g/mol. The van der Waals surface area contributed by atoms with Gasteiger partial charge in [0, 0.05) is 19.0 Å². The smallest absolute Gasteiger partial charge is 0.295 e. The highest BCUT2D eigenvalue weighted by atomic mass is 19.1. The van der Waals surface area contributed by atoms with Gasteiger partial charge in [-0.2, -0.15) is 0 Å². The van der Waals surface area contributed by atoms with Crippen molar-refractivity contribution in [3.63, 3.8) is 0 Å². The second kappa shape index (κ2) is 5.95. The number of anilines is 1. The van der Waals surface area contributed by atoms with Gasteiger partial charge >= 0.3 is 0 Å². The van der Waals surface area contributed by atoms with Gasteiger partial charge in [0.15, 0.2) is 6.29 Å². The summed E-state index contributed by atoms with van der Waals surface area (Å²) in [7, 11) is 0. The molecule has 3 rings (SSSR count). The zero-order chi connectivity index (χ0) is 14.8. The standard InChI is InChI=1S/C14H17FN2O4/c15-11-3-4-12(13(8-11)17(18)19)16-5-1-2-10(9-16)14-20-6-7-21-14/h3-4,8,10,14H,1-2,5-7,9H2/t10-/m0/s1. The fourth-order valence-electron chi connectivity index (χ4n) is 3.01. The SMILES string of the molecule is O=[N+]([O-])c1cc(F)ccc1N1CCC[C@H](C2OCCO2)C1. The minimum atomic E-state index is -0.596. The number of nitro groups is 1. The van der Waals surface area contributed by atoms with Crippen molar-refractivity contribution in [2.75, 3.05) is 31.2 Å². The Hall–Kier alpha value is -1.73. The van der Waals surface area contributed by atoms with Gasteiger partial charge in [-0.05, 0) is 25.0 Å². The molecule has 2 saturated heterocycles. The van der Waals surface area contributed by atoms with Crippen molar-refractivity contribution in [3.05, 3.63) is 34.1 Å². The van der Waals surface area contributed by atoms with E-state index in [0.717, 1.165) is 25.5 Å². The van der Waals surface area contributed by atoms with Gasteiger partial charge in [0.1, 0.15) is 11.5 Å². The number of nitrogens with zero attached hydrogens (tertiary/aromatic N) is 2. The number of rotatable bonds is 3. The molecule has 0 saturated carbocycles. The van der Waals surface area contributed by atoms with Gasteiger partial charge in [0.2, 0.25) is 0 Å². The van der Waals surface area contributed by atoms with Gasteiger partial charge in [0.25, 0.3) is 5.69 Å². The Labute approximate surface area is 121 Å². The number of ether oxygens (including phenoxy) is 2. The van der Waals surface area contributed by atoms with E-state index >= 15 is 0 Å². The number of hydrogen-bond acceptors (Lipinski definition) is 5. The number of piperidine rings is 1. The number of benzene rings is 1. The lowest BCUT2D eigenvalue weighted by molar-refractivity contribution is -0.384. The molecule has 21 heavy (non-hydrogen) atoms. The Kier molecular flexibility index (Phi) is 4.03. The van der Waals surface area contributed by atoms with Crippen LogP contribution in [0.15, 0.2) is 18.2 Å². The van der Waals surface area contributed by atoms with E-state index in [2.05, 4.69) is 0 Å². The maximum absolute atomic E-state index is 13.2. The van der Waals surface area contributed by atoms with Crippen LogP contribution in [-0.2, 0) is 9.47 Å². The molecule has 1 atom stereocenters. The molecular formula is C14H17FN2O4. The Morgan fingerprint density at radius 1 is 1.33 bits per heavy atom. The van der Waals surface area contributed by atoms with Gasteiger partial charge in [-0.3, -0.25) is 10.1 Å². The molecule has 0 radical (unpaired) electrons. The molecule has 7 heteroatoms. The fourth-order valence-corrected chi connectivity index (χ4v) is 3.01. The quantitative estimate of drug-likeness (QED) is 0.632. The maximum atomic E-state index is 13.2. The molecule has 0 amide bonds. The van der Waals surface area contributed by atoms with E-state index < -0.39 is 10.7 Å². The van der Waals surface area contributed by atoms with Crippen LogP contribution in [0.2, 0.25) is 0 Å². The Morgan fingerprint density at radius 2 is 2.10 bits per heavy atom. The summed E-state index contributed by atoms with van der Waals surface area (Å²) in [4.78, 5) is 12.5. The second-order valence-electron chi connectivity index (χ2n) is 5.35. The van der Waals surface area contributed by atoms with E-state index in [9.17, 15) is 14.5 Å². The van der Waals surface area contributed by atoms with Crippen LogP contribution in [0.4, 0.5) is 15.8 Å². The zero-order valence-electron chi connectivity index (χ0n) is 11.5. The van der Waals surface area contributed by atoms with Crippen molar-refractivity contribution in [3.8, 4) is 0 Å². The molecule has 1 aromatic carbocycles. The van der Waals surface area contributed by atoms with Gasteiger partial charge in [-0.15, -0.1) is 0 Å². The van der Waals surface area contributed by atoms with Gasteiger partial charge in [-0.25, -0.2) is 4.39 Å². The third-order valence-electron chi connectivity index (χ3n) is 3.97. The molecule has 2 aliphatic heterocycles. The summed E-state index contributed by atoms with van der Waals surface area (Å²) >= 11 is 0. The first-order valence-corrected chi connectivity index (χ1v) is 7.07. The Bertz CT molecular complexity index is 534. The predicted molar refractivity (Wildman–Crippen MR) is 73.7 cm³/mol. The van der Waals surface area contributed by atoms with Gasteiger partial charge in [-0.1, -0.05) is 0 Å². The third kappa shape index (κ3) is 2.98. The maximum Gasteiger partial charge on any atom is 0.295 e. The number of halogens is 1. The highest BCUT2D eigenvalue weighted by molar-refractivity contribution is 5.63. The van der Waals surface area contributed by atoms with E-state index in [0.29, 0.717) is 25.4 Å². The number of hydrogen-bond donors (Lipinski definition) is 0. The van der Waals surface area contributed by atoms with E-state index in [4.69, 9.17) is 9.47 Å². The Balaban J connectivity index is 1.81. The molecule has 0 aliphatic carbocycles. The van der Waals surface area contributed by atoms with Crippen molar-refractivity contribution >= 4 is 11.4 Å². The molecule has 0 N–H and O–H groups in total. The molecule has 2 fully saturated rings. The average Bonchev–Trinajstić information content (AvgIpc) is 3.01. The monoisotopic (exact) mass is 296 g/mol. The first-order valence-electron chi connectivity index (χ1n) is 7.07. The molecule has 0 aromatic heterocycles. The van der Waals surface area contributed by atoms with Crippen LogP contribution in [0.25, 0.3) is 0 Å². The van der Waals surface area contributed by atoms with Gasteiger partial charge < -0.3 is 14.4 Å². The van der Waals surface area contributed by atoms with Crippen LogP contribution in [-0.4, -0.2) is 37.5 Å². The van der Waals surface area contributed by atoms with Crippen LogP contribution in [0.1, 0.15) is 12.8 Å². The van der Waals surface area contributed by atoms with Crippen molar-refractivity contribution in [2.24, 2.45) is 5.92 Å². The van der Waals surface area contributed by atoms with E-state index in [1.165, 1.54) is 12.1 Å². The van der Waals surface area contributed by atoms with Crippen LogP contribution in [0, 0.1) is 21.8 Å². The minimum absolute atomic E-state index is 0.186. The molecule has 0 unspecified atom stereocenters. The van der Waals surface area contributed by atoms with E-state index in [1.807, 2.05) is 4.90 Å². The molecule has 0 spiro atoms. The first kappa shape index (κ1) is 14.2. The summed E-state index contributed by atoms with van der Waals surface area (Å²) in [6.45, 7) is 2.53. The predicted octanol–water partition coefficient (Wildman–Crippen LogP) is 2.32. The summed E-state index contributed by atoms with van der Waals surface area (Å²) in [6.07, 6.45) is 1.64. The zero-order valence-corrected chi connectivity index (χ0v) is 11.5. The molecule has 114 valence electrons.